The second-order valence-electron chi connectivity index (χ2n) is 4.59. The van der Waals surface area contributed by atoms with Crippen LogP contribution >= 0.6 is 15.9 Å². The Morgan fingerprint density at radius 1 is 1.47 bits per heavy atom. The van der Waals surface area contributed by atoms with Crippen LogP contribution in [0.25, 0.3) is 0 Å². The molecule has 1 aromatic rings. The number of carbonyl (C=O) groups excluding carboxylic acids is 1. The molecule has 1 aromatic carbocycles. The van der Waals surface area contributed by atoms with Crippen LogP contribution in [0.1, 0.15) is 20.3 Å². The Hall–Kier alpha value is -1.14. The summed E-state index contributed by atoms with van der Waals surface area (Å²) in [7, 11) is 0. The van der Waals surface area contributed by atoms with Crippen molar-refractivity contribution in [3.05, 3.63) is 28.5 Å². The highest BCUT2D eigenvalue weighted by atomic mass is 79.9. The van der Waals surface area contributed by atoms with Crippen molar-refractivity contribution in [3.63, 3.8) is 0 Å². The van der Waals surface area contributed by atoms with E-state index in [0.29, 0.717) is 16.6 Å². The van der Waals surface area contributed by atoms with Gasteiger partial charge in [0.2, 0.25) is 0 Å². The summed E-state index contributed by atoms with van der Waals surface area (Å²) in [5, 5.41) is 14.4. The number of aliphatic hydroxyl groups is 1. The fraction of sp³-hybridized carbons (Fsp3) is 0.462. The average Bonchev–Trinajstić information content (AvgIpc) is 2.32. The van der Waals surface area contributed by atoms with Crippen molar-refractivity contribution in [3.8, 4) is 0 Å². The smallest absolute Gasteiger partial charge is 0.319 e. The number of benzene rings is 1. The molecule has 2 amide bonds. The highest BCUT2D eigenvalue weighted by Crippen LogP contribution is 2.23. The number of anilines is 1. The summed E-state index contributed by atoms with van der Waals surface area (Å²) in [6, 6.07) is 3.55. The van der Waals surface area contributed by atoms with Gasteiger partial charge in [0.05, 0.1) is 5.69 Å². The first-order valence-electron chi connectivity index (χ1n) is 6.07. The first-order valence-corrected chi connectivity index (χ1v) is 6.86. The maximum absolute atomic E-state index is 12.9. The molecule has 0 aromatic heterocycles. The topological polar surface area (TPSA) is 61.4 Å². The van der Waals surface area contributed by atoms with Crippen LogP contribution in [0.5, 0.6) is 0 Å². The van der Waals surface area contributed by atoms with E-state index in [-0.39, 0.29) is 30.4 Å². The molecule has 106 valence electrons. The Labute approximate surface area is 120 Å². The van der Waals surface area contributed by atoms with Crippen LogP contribution in [-0.4, -0.2) is 23.8 Å². The van der Waals surface area contributed by atoms with Gasteiger partial charge in [0.15, 0.2) is 0 Å². The normalized spacial score (nSPS) is 12.3. The molecule has 0 fully saturated rings. The zero-order valence-electron chi connectivity index (χ0n) is 10.9. The first kappa shape index (κ1) is 15.9. The summed E-state index contributed by atoms with van der Waals surface area (Å²) in [4.78, 5) is 11.8. The highest BCUT2D eigenvalue weighted by molar-refractivity contribution is 9.10. The lowest BCUT2D eigenvalue weighted by molar-refractivity contribution is 0.227. The van der Waals surface area contributed by atoms with Crippen molar-refractivity contribution >= 4 is 27.6 Å². The lowest BCUT2D eigenvalue weighted by atomic mass is 10.0. The summed E-state index contributed by atoms with van der Waals surface area (Å²) in [5.41, 5.74) is 0.491. The molecule has 3 N–H and O–H groups in total. The first-order chi connectivity index (χ1) is 8.93. The fourth-order valence-corrected chi connectivity index (χ4v) is 2.08. The van der Waals surface area contributed by atoms with E-state index < -0.39 is 0 Å². The van der Waals surface area contributed by atoms with Gasteiger partial charge < -0.3 is 15.7 Å². The van der Waals surface area contributed by atoms with Gasteiger partial charge in [-0.15, -0.1) is 0 Å². The van der Waals surface area contributed by atoms with E-state index >= 15 is 0 Å². The molecule has 1 atom stereocenters. The van der Waals surface area contributed by atoms with E-state index in [9.17, 15) is 9.18 Å². The predicted molar refractivity (Wildman–Crippen MR) is 76.6 cm³/mol. The van der Waals surface area contributed by atoms with E-state index in [4.69, 9.17) is 5.11 Å². The van der Waals surface area contributed by atoms with Crippen molar-refractivity contribution < 1.29 is 14.3 Å². The van der Waals surface area contributed by atoms with Gasteiger partial charge in [-0.1, -0.05) is 13.8 Å². The van der Waals surface area contributed by atoms with Crippen LogP contribution in [0.3, 0.4) is 0 Å². The van der Waals surface area contributed by atoms with E-state index in [2.05, 4.69) is 26.6 Å². The molecule has 0 aliphatic carbocycles. The van der Waals surface area contributed by atoms with Crippen molar-refractivity contribution in [1.82, 2.24) is 5.32 Å². The summed E-state index contributed by atoms with van der Waals surface area (Å²) < 4.78 is 13.4. The van der Waals surface area contributed by atoms with Crippen LogP contribution in [0.2, 0.25) is 0 Å². The van der Waals surface area contributed by atoms with E-state index in [1.807, 2.05) is 13.8 Å². The summed E-state index contributed by atoms with van der Waals surface area (Å²) in [5.74, 6) is -0.160. The van der Waals surface area contributed by atoms with Crippen molar-refractivity contribution in [1.29, 1.82) is 0 Å². The number of hydrogen-bond acceptors (Lipinski definition) is 2. The molecule has 0 bridgehead atoms. The van der Waals surface area contributed by atoms with Gasteiger partial charge in [0, 0.05) is 17.1 Å². The number of hydrogen-bond donors (Lipinski definition) is 3. The zero-order valence-corrected chi connectivity index (χ0v) is 12.5. The van der Waals surface area contributed by atoms with Gasteiger partial charge in [-0.3, -0.25) is 0 Å². The molecule has 0 heterocycles. The maximum atomic E-state index is 12.9. The fourth-order valence-electron chi connectivity index (χ4n) is 1.63. The number of nitrogens with one attached hydrogen (secondary N) is 2. The molecule has 0 aliphatic rings. The third kappa shape index (κ3) is 5.16. The number of urea groups is 1. The Morgan fingerprint density at radius 3 is 2.68 bits per heavy atom. The number of rotatable bonds is 5. The van der Waals surface area contributed by atoms with Crippen molar-refractivity contribution in [2.24, 2.45) is 5.92 Å². The average molecular weight is 333 g/mol. The van der Waals surface area contributed by atoms with Crippen LogP contribution in [0, 0.1) is 11.7 Å². The second kappa shape index (κ2) is 7.45. The Kier molecular flexibility index (Phi) is 6.24. The van der Waals surface area contributed by atoms with Crippen LogP contribution in [0.4, 0.5) is 14.9 Å². The molecule has 1 rings (SSSR count). The quantitative estimate of drug-likeness (QED) is 0.775. The van der Waals surface area contributed by atoms with Crippen LogP contribution in [-0.2, 0) is 0 Å². The maximum Gasteiger partial charge on any atom is 0.319 e. The predicted octanol–water partition coefficient (Wildman–Crippen LogP) is 3.12. The van der Waals surface area contributed by atoms with Crippen LogP contribution in [0.15, 0.2) is 22.7 Å². The third-order valence-electron chi connectivity index (χ3n) is 2.74. The van der Waals surface area contributed by atoms with Gasteiger partial charge >= 0.3 is 6.03 Å². The molecule has 0 radical (unpaired) electrons. The Morgan fingerprint density at radius 2 is 2.16 bits per heavy atom. The van der Waals surface area contributed by atoms with Crippen molar-refractivity contribution in [2.75, 3.05) is 11.9 Å². The largest absolute Gasteiger partial charge is 0.396 e. The molecule has 0 spiro atoms. The molecule has 0 saturated heterocycles. The van der Waals surface area contributed by atoms with E-state index in [1.165, 1.54) is 18.2 Å². The summed E-state index contributed by atoms with van der Waals surface area (Å²) in [6.07, 6.45) is 0.496. The molecule has 1 unspecified atom stereocenters. The van der Waals surface area contributed by atoms with E-state index in [1.54, 1.807) is 0 Å². The van der Waals surface area contributed by atoms with Gasteiger partial charge in [0.1, 0.15) is 5.82 Å². The van der Waals surface area contributed by atoms with Crippen LogP contribution < -0.4 is 10.6 Å². The SMILES string of the molecule is CC(C)C(CCO)NC(=O)Nc1ccc(F)cc1Br. The molecule has 19 heavy (non-hydrogen) atoms. The van der Waals surface area contributed by atoms with Crippen molar-refractivity contribution in [2.45, 2.75) is 26.3 Å². The number of carbonyl (C=O) groups is 1. The molecule has 6 heteroatoms. The zero-order chi connectivity index (χ0) is 14.4. The monoisotopic (exact) mass is 332 g/mol. The Balaban J connectivity index is 2.63. The number of halogens is 2. The van der Waals surface area contributed by atoms with Gasteiger partial charge in [-0.05, 0) is 46.5 Å². The summed E-state index contributed by atoms with van der Waals surface area (Å²) in [6.45, 7) is 3.95. The van der Waals surface area contributed by atoms with E-state index in [0.717, 1.165) is 0 Å². The molecular formula is C13H18BrFN2O2. The minimum absolute atomic E-state index is 0.0172. The van der Waals surface area contributed by atoms with Gasteiger partial charge in [-0.2, -0.15) is 0 Å². The van der Waals surface area contributed by atoms with Gasteiger partial charge in [-0.25, -0.2) is 9.18 Å². The highest BCUT2D eigenvalue weighted by Gasteiger charge is 2.16. The van der Waals surface area contributed by atoms with Gasteiger partial charge in [0.25, 0.3) is 0 Å². The molecule has 0 aliphatic heterocycles. The standard InChI is InChI=1S/C13H18BrFN2O2/c1-8(2)11(5-6-18)16-13(19)17-12-4-3-9(15)7-10(12)14/h3-4,7-8,11,18H,5-6H2,1-2H3,(H2,16,17,19). The Bertz CT molecular complexity index is 441. The second-order valence-corrected chi connectivity index (χ2v) is 5.44. The summed E-state index contributed by atoms with van der Waals surface area (Å²) >= 11 is 3.18. The third-order valence-corrected chi connectivity index (χ3v) is 3.40. The minimum atomic E-state index is -0.377. The number of amides is 2. The number of aliphatic hydroxyl groups excluding tert-OH is 1. The molecule has 4 nitrogen and oxygen atoms in total. The lowest BCUT2D eigenvalue weighted by Gasteiger charge is -2.21. The molecule has 0 saturated carbocycles. The lowest BCUT2D eigenvalue weighted by Crippen LogP contribution is -2.41. The molecular weight excluding hydrogens is 315 g/mol. The minimum Gasteiger partial charge on any atom is -0.396 e.